The second-order valence-corrected chi connectivity index (χ2v) is 9.26. The summed E-state index contributed by atoms with van der Waals surface area (Å²) in [5.74, 6) is -1.38. The molecular weight excluding hydrogens is 486 g/mol. The molecule has 0 spiro atoms. The van der Waals surface area contributed by atoms with Crippen LogP contribution in [0.25, 0.3) is 0 Å². The summed E-state index contributed by atoms with van der Waals surface area (Å²) >= 11 is 5.76. The molecule has 2 aromatic carbocycles. The van der Waals surface area contributed by atoms with Gasteiger partial charge in [-0.05, 0) is 38.3 Å². The number of alkyl halides is 1. The number of amides is 3. The summed E-state index contributed by atoms with van der Waals surface area (Å²) in [6.07, 6.45) is -1.42. The van der Waals surface area contributed by atoms with Crippen molar-refractivity contribution in [2.24, 2.45) is 0 Å². The van der Waals surface area contributed by atoms with Crippen molar-refractivity contribution in [3.8, 4) is 0 Å². The molecule has 2 rings (SSSR count). The fourth-order valence-corrected chi connectivity index (χ4v) is 3.26. The summed E-state index contributed by atoms with van der Waals surface area (Å²) in [7, 11) is 0. The molecule has 1 unspecified atom stereocenters. The van der Waals surface area contributed by atoms with Gasteiger partial charge in [-0.15, -0.1) is 11.6 Å². The van der Waals surface area contributed by atoms with Crippen LogP contribution in [0.5, 0.6) is 0 Å². The Morgan fingerprint density at radius 2 is 1.42 bits per heavy atom. The van der Waals surface area contributed by atoms with Gasteiger partial charge in [0.05, 0.1) is 18.5 Å². The number of halogens is 1. The minimum atomic E-state index is -1.25. The quantitative estimate of drug-likeness (QED) is 0.393. The molecule has 0 aromatic heterocycles. The monoisotopic (exact) mass is 517 g/mol. The van der Waals surface area contributed by atoms with Gasteiger partial charge in [-0.25, -0.2) is 9.59 Å². The minimum Gasteiger partial charge on any atom is -0.445 e. The largest absolute Gasteiger partial charge is 0.445 e. The molecule has 3 amide bonds. The molecule has 0 aliphatic rings. The van der Waals surface area contributed by atoms with Crippen LogP contribution in [0.1, 0.15) is 31.9 Å². The van der Waals surface area contributed by atoms with Crippen molar-refractivity contribution in [3.63, 3.8) is 0 Å². The smallest absolute Gasteiger partial charge is 0.408 e. The molecule has 3 N–H and O–H groups in total. The van der Waals surface area contributed by atoms with E-state index >= 15 is 0 Å². The lowest BCUT2D eigenvalue weighted by Gasteiger charge is -2.24. The highest BCUT2D eigenvalue weighted by molar-refractivity contribution is 6.28. The summed E-state index contributed by atoms with van der Waals surface area (Å²) in [6, 6.07) is 15.9. The lowest BCUT2D eigenvalue weighted by Crippen LogP contribution is -2.56. The van der Waals surface area contributed by atoms with E-state index in [-0.39, 0.29) is 31.2 Å². The van der Waals surface area contributed by atoms with E-state index in [9.17, 15) is 19.2 Å². The van der Waals surface area contributed by atoms with E-state index in [1.54, 1.807) is 45.0 Å². The van der Waals surface area contributed by atoms with Crippen LogP contribution in [-0.2, 0) is 32.1 Å². The number of carbonyl (C=O) groups excluding carboxylic acids is 4. The maximum Gasteiger partial charge on any atom is 0.408 e. The van der Waals surface area contributed by atoms with Crippen LogP contribution in [0.4, 0.5) is 9.59 Å². The van der Waals surface area contributed by atoms with E-state index in [2.05, 4.69) is 16.0 Å². The van der Waals surface area contributed by atoms with Gasteiger partial charge in [-0.2, -0.15) is 0 Å². The van der Waals surface area contributed by atoms with Crippen molar-refractivity contribution < 1.29 is 28.7 Å². The highest BCUT2D eigenvalue weighted by Crippen LogP contribution is 2.08. The summed E-state index contributed by atoms with van der Waals surface area (Å²) in [5.41, 5.74) is 0.827. The number of Topliss-reactive ketones (excluding diaryl/α,β-unsaturated/α-hetero) is 1. The van der Waals surface area contributed by atoms with E-state index in [0.29, 0.717) is 0 Å². The third-order valence-electron chi connectivity index (χ3n) is 4.79. The van der Waals surface area contributed by atoms with Crippen molar-refractivity contribution in [3.05, 3.63) is 71.8 Å². The number of ether oxygens (including phenoxy) is 2. The number of carbonyl (C=O) groups is 4. The van der Waals surface area contributed by atoms with Crippen LogP contribution >= 0.6 is 11.6 Å². The number of hydrogen-bond donors (Lipinski definition) is 3. The van der Waals surface area contributed by atoms with Crippen LogP contribution in [-0.4, -0.2) is 54.0 Å². The third kappa shape index (κ3) is 10.8. The zero-order valence-electron chi connectivity index (χ0n) is 20.6. The van der Waals surface area contributed by atoms with E-state index in [1.165, 1.54) is 0 Å². The Hall–Kier alpha value is -3.59. The Morgan fingerprint density at radius 3 is 1.97 bits per heavy atom. The molecule has 9 nitrogen and oxygen atoms in total. The predicted molar refractivity (Wildman–Crippen MR) is 136 cm³/mol. The Bertz CT molecular complexity index is 1010. The first-order valence-corrected chi connectivity index (χ1v) is 12.0. The van der Waals surface area contributed by atoms with Gasteiger partial charge in [0.1, 0.15) is 18.2 Å². The lowest BCUT2D eigenvalue weighted by atomic mass is 10.0. The van der Waals surface area contributed by atoms with Crippen LogP contribution in [0, 0.1) is 0 Å². The molecule has 0 fully saturated rings. The number of hydrogen-bond acceptors (Lipinski definition) is 6. The van der Waals surface area contributed by atoms with E-state index in [4.69, 9.17) is 21.1 Å². The van der Waals surface area contributed by atoms with Crippen molar-refractivity contribution in [2.75, 3.05) is 12.4 Å². The van der Waals surface area contributed by atoms with Crippen molar-refractivity contribution in [1.82, 2.24) is 16.0 Å². The fraction of sp³-hybridized carbons (Fsp3) is 0.385. The first kappa shape index (κ1) is 28.6. The molecule has 36 heavy (non-hydrogen) atoms. The summed E-state index contributed by atoms with van der Waals surface area (Å²) in [5, 5.41) is 7.54. The first-order chi connectivity index (χ1) is 17.1. The maximum atomic E-state index is 13.1. The van der Waals surface area contributed by atoms with Crippen LogP contribution < -0.4 is 16.0 Å². The molecule has 0 saturated carbocycles. The molecule has 2 aromatic rings. The Morgan fingerprint density at radius 1 is 0.833 bits per heavy atom. The predicted octanol–water partition coefficient (Wildman–Crippen LogP) is 3.34. The lowest BCUT2D eigenvalue weighted by molar-refractivity contribution is -0.127. The van der Waals surface area contributed by atoms with Crippen molar-refractivity contribution >= 4 is 35.5 Å². The fourth-order valence-electron chi connectivity index (χ4n) is 3.08. The topological polar surface area (TPSA) is 123 Å². The SMILES string of the molecule is CC(C)(C)OC(=O)NCC(NC(=O)OCc1ccccc1)C(=O)N[C@@H](Cc1ccccc1)C(=O)CCl. The van der Waals surface area contributed by atoms with Crippen LogP contribution in [0.3, 0.4) is 0 Å². The molecule has 0 aliphatic heterocycles. The summed E-state index contributed by atoms with van der Waals surface area (Å²) < 4.78 is 10.4. The zero-order chi connectivity index (χ0) is 26.6. The van der Waals surface area contributed by atoms with Gasteiger partial charge in [0.15, 0.2) is 5.78 Å². The normalized spacial score (nSPS) is 12.6. The van der Waals surface area contributed by atoms with Crippen molar-refractivity contribution in [1.29, 1.82) is 0 Å². The molecular formula is C26H32ClN3O6. The Kier molecular flexibility index (Phi) is 11.2. The van der Waals surface area contributed by atoms with Crippen LogP contribution in [0.15, 0.2) is 60.7 Å². The van der Waals surface area contributed by atoms with Gasteiger partial charge >= 0.3 is 12.2 Å². The number of benzene rings is 2. The van der Waals surface area contributed by atoms with E-state index in [1.807, 2.05) is 36.4 Å². The van der Waals surface area contributed by atoms with Gasteiger partial charge in [-0.3, -0.25) is 9.59 Å². The highest BCUT2D eigenvalue weighted by Gasteiger charge is 2.28. The third-order valence-corrected chi connectivity index (χ3v) is 5.05. The second-order valence-electron chi connectivity index (χ2n) is 8.99. The Balaban J connectivity index is 2.09. The number of nitrogens with one attached hydrogen (secondary N) is 3. The van der Waals surface area contributed by atoms with Gasteiger partial charge < -0.3 is 25.4 Å². The zero-order valence-corrected chi connectivity index (χ0v) is 21.3. The summed E-state index contributed by atoms with van der Waals surface area (Å²) in [4.78, 5) is 50.1. The van der Waals surface area contributed by atoms with Crippen LogP contribution in [0.2, 0.25) is 0 Å². The average Bonchev–Trinajstić information content (AvgIpc) is 2.84. The van der Waals surface area contributed by atoms with Gasteiger partial charge in [0.2, 0.25) is 5.91 Å². The molecule has 0 aliphatic carbocycles. The van der Waals surface area contributed by atoms with Gasteiger partial charge in [-0.1, -0.05) is 60.7 Å². The van der Waals surface area contributed by atoms with E-state index < -0.39 is 35.8 Å². The molecule has 0 bridgehead atoms. The minimum absolute atomic E-state index is 0.0120. The number of alkyl carbamates (subject to hydrolysis) is 2. The molecule has 0 radical (unpaired) electrons. The molecule has 194 valence electrons. The molecule has 10 heteroatoms. The molecule has 0 saturated heterocycles. The van der Waals surface area contributed by atoms with Gasteiger partial charge in [0, 0.05) is 0 Å². The van der Waals surface area contributed by atoms with Crippen molar-refractivity contribution in [2.45, 2.75) is 51.5 Å². The standard InChI is InChI=1S/C26H32ClN3O6/c1-26(2,3)36-24(33)28-16-21(30-25(34)35-17-19-12-8-5-9-13-19)23(32)29-20(22(31)15-27)14-18-10-6-4-7-11-18/h4-13,20-21H,14-17H2,1-3H3,(H,28,33)(H,29,32)(H,30,34)/t20-,21?/m0/s1. The first-order valence-electron chi connectivity index (χ1n) is 11.4. The highest BCUT2D eigenvalue weighted by atomic mass is 35.5. The molecule has 0 heterocycles. The average molecular weight is 518 g/mol. The Labute approximate surface area is 215 Å². The molecule has 2 atom stereocenters. The second kappa shape index (κ2) is 14.1. The number of rotatable bonds is 11. The summed E-state index contributed by atoms with van der Waals surface area (Å²) in [6.45, 7) is 4.78. The number of ketones is 1. The maximum absolute atomic E-state index is 13.1. The van der Waals surface area contributed by atoms with E-state index in [0.717, 1.165) is 11.1 Å². The van der Waals surface area contributed by atoms with Gasteiger partial charge in [0.25, 0.3) is 0 Å².